The number of hydrogen-bond donors (Lipinski definition) is 1. The van der Waals surface area contributed by atoms with Crippen LogP contribution in [0.1, 0.15) is 12.8 Å². The molecule has 0 bridgehead atoms. The number of nitrogens with two attached hydrogens (primary N) is 1. The highest BCUT2D eigenvalue weighted by molar-refractivity contribution is 5.71. The maximum atomic E-state index is 10.2. The van der Waals surface area contributed by atoms with Gasteiger partial charge in [0.2, 0.25) is 0 Å². The van der Waals surface area contributed by atoms with Gasteiger partial charge in [-0.1, -0.05) is 0 Å². The first-order valence-electron chi connectivity index (χ1n) is 2.24. The molecule has 1 aliphatic rings. The molecule has 3 heteroatoms. The van der Waals surface area contributed by atoms with Gasteiger partial charge in [-0.05, 0) is 0 Å². The van der Waals surface area contributed by atoms with Crippen LogP contribution in [0.4, 0.5) is 0 Å². The van der Waals surface area contributed by atoms with E-state index in [2.05, 4.69) is 4.74 Å². The van der Waals surface area contributed by atoms with Crippen molar-refractivity contribution in [2.45, 2.75) is 19.1 Å². The van der Waals surface area contributed by atoms with E-state index in [1.807, 2.05) is 0 Å². The van der Waals surface area contributed by atoms with Crippen molar-refractivity contribution in [1.82, 2.24) is 0 Å². The zero-order valence-corrected chi connectivity index (χ0v) is 3.89. The Morgan fingerprint density at radius 3 is 2.71 bits per heavy atom. The molecule has 7 heavy (non-hydrogen) atoms. The highest BCUT2D eigenvalue weighted by Crippen LogP contribution is 2.07. The Labute approximate surface area is 41.4 Å². The van der Waals surface area contributed by atoms with Gasteiger partial charge in [0.05, 0.1) is 6.42 Å². The van der Waals surface area contributed by atoms with Gasteiger partial charge in [0.15, 0.2) is 6.23 Å². The van der Waals surface area contributed by atoms with Crippen molar-refractivity contribution < 1.29 is 9.53 Å². The van der Waals surface area contributed by atoms with Crippen molar-refractivity contribution in [3.8, 4) is 0 Å². The molecule has 0 aromatic heterocycles. The predicted octanol–water partition coefficient (Wildman–Crippen LogP) is -0.392. The molecule has 0 saturated carbocycles. The third-order valence-electron chi connectivity index (χ3n) is 0.916. The lowest BCUT2D eigenvalue weighted by Gasteiger charge is -1.96. The summed E-state index contributed by atoms with van der Waals surface area (Å²) in [4.78, 5) is 10.2. The van der Waals surface area contributed by atoms with E-state index in [0.717, 1.165) is 0 Å². The van der Waals surface area contributed by atoms with Crippen LogP contribution in [0.5, 0.6) is 0 Å². The highest BCUT2D eigenvalue weighted by atomic mass is 16.6. The lowest BCUT2D eigenvalue weighted by molar-refractivity contribution is -0.141. The summed E-state index contributed by atoms with van der Waals surface area (Å²) in [5, 5.41) is 0. The van der Waals surface area contributed by atoms with Gasteiger partial charge in [-0.3, -0.25) is 10.5 Å². The minimum Gasteiger partial charge on any atom is -0.447 e. The fourth-order valence-corrected chi connectivity index (χ4v) is 0.547. The molecular weight excluding hydrogens is 94.0 g/mol. The van der Waals surface area contributed by atoms with E-state index in [0.29, 0.717) is 12.8 Å². The van der Waals surface area contributed by atoms with Crippen LogP contribution in [0.25, 0.3) is 0 Å². The van der Waals surface area contributed by atoms with E-state index >= 15 is 0 Å². The summed E-state index contributed by atoms with van der Waals surface area (Å²) in [6.45, 7) is 0. The normalized spacial score (nSPS) is 30.4. The van der Waals surface area contributed by atoms with Gasteiger partial charge in [0.1, 0.15) is 0 Å². The van der Waals surface area contributed by atoms with Crippen LogP contribution in [0, 0.1) is 0 Å². The molecule has 0 aromatic carbocycles. The zero-order valence-electron chi connectivity index (χ0n) is 3.89. The van der Waals surface area contributed by atoms with Crippen LogP contribution < -0.4 is 5.73 Å². The average molecular weight is 101 g/mol. The van der Waals surface area contributed by atoms with Gasteiger partial charge in [-0.2, -0.15) is 0 Å². The molecular formula is C4H7NO2. The topological polar surface area (TPSA) is 52.3 Å². The van der Waals surface area contributed by atoms with Crippen molar-refractivity contribution in [3.05, 3.63) is 0 Å². The molecule has 0 aliphatic carbocycles. The molecule has 1 rings (SSSR count). The Morgan fingerprint density at radius 1 is 1.86 bits per heavy atom. The first-order valence-corrected chi connectivity index (χ1v) is 2.24. The van der Waals surface area contributed by atoms with Crippen LogP contribution in [-0.2, 0) is 9.53 Å². The highest BCUT2D eigenvalue weighted by Gasteiger charge is 2.18. The van der Waals surface area contributed by atoms with E-state index in [-0.39, 0.29) is 12.2 Å². The van der Waals surface area contributed by atoms with E-state index in [4.69, 9.17) is 5.73 Å². The molecule has 1 saturated heterocycles. The number of esters is 1. The second-order valence-electron chi connectivity index (χ2n) is 1.57. The SMILES string of the molecule is N[C@@H]1CCC(=O)O1. The van der Waals surface area contributed by atoms with Gasteiger partial charge in [0.25, 0.3) is 0 Å². The zero-order chi connectivity index (χ0) is 5.28. The molecule has 0 spiro atoms. The van der Waals surface area contributed by atoms with Crippen molar-refractivity contribution in [3.63, 3.8) is 0 Å². The molecule has 1 atom stereocenters. The standard InChI is InChI=1S/C4H7NO2/c5-3-1-2-4(6)7-3/h3H,1-2,5H2/t3-/m0/s1. The molecule has 0 radical (unpaired) electrons. The van der Waals surface area contributed by atoms with Crippen LogP contribution >= 0.6 is 0 Å². The summed E-state index contributed by atoms with van der Waals surface area (Å²) >= 11 is 0. The van der Waals surface area contributed by atoms with Crippen molar-refractivity contribution in [2.75, 3.05) is 0 Å². The Morgan fingerprint density at radius 2 is 2.57 bits per heavy atom. The Hall–Kier alpha value is -0.570. The summed E-state index contributed by atoms with van der Waals surface area (Å²) in [6.07, 6.45) is 0.840. The maximum Gasteiger partial charge on any atom is 0.307 e. The second kappa shape index (κ2) is 1.50. The summed E-state index contributed by atoms with van der Waals surface area (Å²) in [5.74, 6) is -0.174. The number of cyclic esters (lactones) is 1. The smallest absolute Gasteiger partial charge is 0.307 e. The van der Waals surface area contributed by atoms with Crippen LogP contribution in [0.15, 0.2) is 0 Å². The monoisotopic (exact) mass is 101 g/mol. The van der Waals surface area contributed by atoms with Crippen LogP contribution in [-0.4, -0.2) is 12.2 Å². The van der Waals surface area contributed by atoms with Gasteiger partial charge in [-0.25, -0.2) is 0 Å². The van der Waals surface area contributed by atoms with E-state index < -0.39 is 0 Å². The molecule has 0 amide bonds. The van der Waals surface area contributed by atoms with E-state index in [1.54, 1.807) is 0 Å². The quantitative estimate of drug-likeness (QED) is 0.423. The molecule has 1 heterocycles. The minimum atomic E-state index is -0.326. The van der Waals surface area contributed by atoms with Crippen LogP contribution in [0.2, 0.25) is 0 Å². The molecule has 3 nitrogen and oxygen atoms in total. The molecule has 1 fully saturated rings. The Balaban J connectivity index is 2.40. The largest absolute Gasteiger partial charge is 0.447 e. The summed E-state index contributed by atoms with van der Waals surface area (Å²) < 4.78 is 4.50. The number of rotatable bonds is 0. The Kier molecular flexibility index (Phi) is 0.982. The van der Waals surface area contributed by atoms with Gasteiger partial charge >= 0.3 is 5.97 Å². The molecule has 2 N–H and O–H groups in total. The van der Waals surface area contributed by atoms with E-state index in [1.165, 1.54) is 0 Å². The van der Waals surface area contributed by atoms with Crippen LogP contribution in [0.3, 0.4) is 0 Å². The fraction of sp³-hybridized carbons (Fsp3) is 0.750. The number of ether oxygens (including phenoxy) is 1. The lowest BCUT2D eigenvalue weighted by atomic mass is 10.3. The number of carbonyl (C=O) groups is 1. The third kappa shape index (κ3) is 0.899. The van der Waals surface area contributed by atoms with Crippen molar-refractivity contribution in [2.24, 2.45) is 5.73 Å². The first-order chi connectivity index (χ1) is 3.29. The molecule has 0 aromatic rings. The average Bonchev–Trinajstić information content (AvgIpc) is 1.87. The molecule has 40 valence electrons. The Bertz CT molecular complexity index is 91.7. The van der Waals surface area contributed by atoms with Crippen molar-refractivity contribution >= 4 is 5.97 Å². The second-order valence-corrected chi connectivity index (χ2v) is 1.57. The summed E-state index contributed by atoms with van der Waals surface area (Å²) in [6, 6.07) is 0. The summed E-state index contributed by atoms with van der Waals surface area (Å²) in [5.41, 5.74) is 5.18. The maximum absolute atomic E-state index is 10.2. The first kappa shape index (κ1) is 4.59. The van der Waals surface area contributed by atoms with Crippen molar-refractivity contribution in [1.29, 1.82) is 0 Å². The minimum absolute atomic E-state index is 0.174. The number of carbonyl (C=O) groups excluding carboxylic acids is 1. The van der Waals surface area contributed by atoms with Gasteiger partial charge in [0, 0.05) is 6.42 Å². The predicted molar refractivity (Wildman–Crippen MR) is 23.3 cm³/mol. The summed E-state index contributed by atoms with van der Waals surface area (Å²) in [7, 11) is 0. The van der Waals surface area contributed by atoms with Gasteiger partial charge in [-0.15, -0.1) is 0 Å². The third-order valence-corrected chi connectivity index (χ3v) is 0.916. The van der Waals surface area contributed by atoms with E-state index in [9.17, 15) is 4.79 Å². The molecule has 0 unspecified atom stereocenters. The molecule has 1 aliphatic heterocycles. The fourth-order valence-electron chi connectivity index (χ4n) is 0.547. The number of hydrogen-bond acceptors (Lipinski definition) is 3. The van der Waals surface area contributed by atoms with Gasteiger partial charge < -0.3 is 4.74 Å². The lowest BCUT2D eigenvalue weighted by Crippen LogP contribution is -2.17.